The van der Waals surface area contributed by atoms with Crippen molar-refractivity contribution in [3.05, 3.63) is 12.1 Å². The fraction of sp³-hybridized carbons (Fsp3) is 0.500. The van der Waals surface area contributed by atoms with Crippen molar-refractivity contribution in [2.75, 3.05) is 25.2 Å². The highest BCUT2D eigenvalue weighted by atomic mass is 32.2. The van der Waals surface area contributed by atoms with Crippen molar-refractivity contribution in [3.63, 3.8) is 0 Å². The molecule has 0 aliphatic heterocycles. The number of rotatable bonds is 11. The number of thioether (sulfide) groups is 1. The summed E-state index contributed by atoms with van der Waals surface area (Å²) in [5.74, 6) is -0.808. The van der Waals surface area contributed by atoms with Gasteiger partial charge in [-0.25, -0.2) is 15.2 Å². The monoisotopic (exact) mass is 490 g/mol. The molecule has 13 heteroatoms. The Balaban J connectivity index is 2.40. The number of hydrogen-bond donors (Lipinski definition) is 3. The molecule has 172 valence electrons. The lowest BCUT2D eigenvalue weighted by molar-refractivity contribution is -0.145. The number of furan rings is 1. The fourth-order valence-corrected chi connectivity index (χ4v) is 6.23. The molecule has 2 aromatic rings. The van der Waals surface area contributed by atoms with Crippen LogP contribution in [0.25, 0.3) is 11.5 Å². The molecule has 2 heterocycles. The number of nitrogens with one attached hydrogen (secondary N) is 2. The fourth-order valence-electron chi connectivity index (χ4n) is 2.59. The van der Waals surface area contributed by atoms with Gasteiger partial charge < -0.3 is 19.6 Å². The largest absolute Gasteiger partial charge is 0.465 e. The van der Waals surface area contributed by atoms with E-state index in [1.807, 2.05) is 6.26 Å². The molecule has 0 aliphatic rings. The molecule has 0 aliphatic carbocycles. The molecule has 0 spiro atoms. The van der Waals surface area contributed by atoms with Gasteiger partial charge in [0.25, 0.3) is 7.44 Å². The maximum absolute atomic E-state index is 13.9. The minimum atomic E-state index is -3.79. The molecule has 0 fully saturated rings. The first kappa shape index (κ1) is 25.4. The predicted octanol–water partition coefficient (Wildman–Crippen LogP) is 2.61. The molecule has 10 nitrogen and oxygen atoms in total. The van der Waals surface area contributed by atoms with Gasteiger partial charge in [0.1, 0.15) is 17.8 Å². The van der Waals surface area contributed by atoms with Gasteiger partial charge in [0.15, 0.2) is 16.4 Å². The number of carbonyl (C=O) groups excluding carboxylic acids is 2. The zero-order chi connectivity index (χ0) is 23.2. The Labute approximate surface area is 189 Å². The molecule has 0 saturated heterocycles. The Morgan fingerprint density at radius 1 is 1.19 bits per heavy atom. The number of esters is 2. The first-order valence-electron chi connectivity index (χ1n) is 9.55. The predicted molar refractivity (Wildman–Crippen MR) is 122 cm³/mol. The second kappa shape index (κ2) is 11.1. The molecule has 0 radical (unpaired) electrons. The van der Waals surface area contributed by atoms with Crippen LogP contribution in [0.5, 0.6) is 0 Å². The standard InChI is InChI=1S/C18H27N4O6PS2/c1-6-26-15(23)10(3)21-29(25,22-11(4)16(24)27-7-2)13-9-8-12(28-13)14-17(30-5)31-18(19)20-14/h8-11H,6-7H2,1-5H3,(H2,19,20)(H2,21,22,25)/t10-,11-/m0/s1. The summed E-state index contributed by atoms with van der Waals surface area (Å²) in [7, 11) is -3.79. The number of carbonyl (C=O) groups is 2. The van der Waals surface area contributed by atoms with Gasteiger partial charge >= 0.3 is 11.9 Å². The Kier molecular flexibility index (Phi) is 9.14. The van der Waals surface area contributed by atoms with Crippen LogP contribution in [0.3, 0.4) is 0 Å². The molecule has 2 rings (SSSR count). The third-order valence-corrected chi connectivity index (χ3v) is 8.32. The molecule has 0 aromatic carbocycles. The summed E-state index contributed by atoms with van der Waals surface area (Å²) in [6.45, 7) is 6.72. The second-order valence-electron chi connectivity index (χ2n) is 6.35. The van der Waals surface area contributed by atoms with Gasteiger partial charge in [0, 0.05) is 0 Å². The normalized spacial score (nSPS) is 13.6. The van der Waals surface area contributed by atoms with E-state index in [1.165, 1.54) is 43.0 Å². The molecule has 0 unspecified atom stereocenters. The van der Waals surface area contributed by atoms with Crippen LogP contribution in [-0.2, 0) is 23.6 Å². The summed E-state index contributed by atoms with van der Waals surface area (Å²) in [5.41, 5.74) is 6.36. The number of anilines is 1. The minimum Gasteiger partial charge on any atom is -0.465 e. The average Bonchev–Trinajstić information content (AvgIpc) is 3.34. The zero-order valence-electron chi connectivity index (χ0n) is 18.0. The van der Waals surface area contributed by atoms with Gasteiger partial charge in [-0.1, -0.05) is 11.3 Å². The second-order valence-corrected chi connectivity index (χ2v) is 10.6. The third kappa shape index (κ3) is 6.33. The Bertz CT molecular complexity index is 933. The van der Waals surface area contributed by atoms with E-state index >= 15 is 0 Å². The third-order valence-electron chi connectivity index (χ3n) is 3.96. The summed E-state index contributed by atoms with van der Waals surface area (Å²) in [6, 6.07) is 1.26. The summed E-state index contributed by atoms with van der Waals surface area (Å²) in [5, 5.41) is 5.86. The lowest BCUT2D eigenvalue weighted by atomic mass is 10.4. The van der Waals surface area contributed by atoms with Gasteiger partial charge in [-0.3, -0.25) is 14.2 Å². The highest BCUT2D eigenvalue weighted by Crippen LogP contribution is 2.41. The van der Waals surface area contributed by atoms with Crippen LogP contribution in [-0.4, -0.2) is 48.5 Å². The van der Waals surface area contributed by atoms with Gasteiger partial charge in [-0.05, 0) is 46.1 Å². The maximum Gasteiger partial charge on any atom is 0.323 e. The number of thiazole rings is 1. The summed E-state index contributed by atoms with van der Waals surface area (Å²) in [6.07, 6.45) is 1.89. The average molecular weight is 491 g/mol. The van der Waals surface area contributed by atoms with Crippen LogP contribution in [0.15, 0.2) is 20.8 Å². The van der Waals surface area contributed by atoms with E-state index < -0.39 is 31.5 Å². The van der Waals surface area contributed by atoms with E-state index in [2.05, 4.69) is 15.2 Å². The lowest BCUT2D eigenvalue weighted by Gasteiger charge is -2.24. The summed E-state index contributed by atoms with van der Waals surface area (Å²) < 4.78 is 30.5. The number of hydrogen-bond acceptors (Lipinski definition) is 10. The Morgan fingerprint density at radius 2 is 1.74 bits per heavy atom. The van der Waals surface area contributed by atoms with Crippen molar-refractivity contribution >= 4 is 53.1 Å². The first-order chi connectivity index (χ1) is 14.6. The van der Waals surface area contributed by atoms with Crippen LogP contribution >= 0.6 is 30.5 Å². The Morgan fingerprint density at radius 3 is 2.23 bits per heavy atom. The highest BCUT2D eigenvalue weighted by molar-refractivity contribution is 8.00. The number of nitrogens with two attached hydrogens (primary N) is 1. The van der Waals surface area contributed by atoms with E-state index in [4.69, 9.17) is 19.6 Å². The smallest absolute Gasteiger partial charge is 0.323 e. The van der Waals surface area contributed by atoms with Crippen LogP contribution in [0.4, 0.5) is 5.13 Å². The summed E-state index contributed by atoms with van der Waals surface area (Å²) >= 11 is 2.77. The van der Waals surface area contributed by atoms with E-state index in [9.17, 15) is 14.2 Å². The van der Waals surface area contributed by atoms with E-state index in [-0.39, 0.29) is 18.7 Å². The van der Waals surface area contributed by atoms with Crippen molar-refractivity contribution < 1.29 is 28.0 Å². The molecule has 2 atom stereocenters. The minimum absolute atomic E-state index is 0.0217. The van der Waals surface area contributed by atoms with Crippen molar-refractivity contribution in [2.45, 2.75) is 44.0 Å². The van der Waals surface area contributed by atoms with Crippen molar-refractivity contribution in [3.8, 4) is 11.5 Å². The quantitative estimate of drug-likeness (QED) is 0.243. The topological polar surface area (TPSA) is 146 Å². The zero-order valence-corrected chi connectivity index (χ0v) is 20.5. The number of ether oxygens (including phenoxy) is 2. The number of nitrogens with zero attached hydrogens (tertiary/aromatic N) is 1. The van der Waals surface area contributed by atoms with E-state index in [0.29, 0.717) is 16.6 Å². The molecule has 31 heavy (non-hydrogen) atoms. The van der Waals surface area contributed by atoms with Crippen LogP contribution in [0, 0.1) is 0 Å². The molecule has 0 saturated carbocycles. The molecule has 2 aromatic heterocycles. The van der Waals surface area contributed by atoms with Gasteiger partial charge in [-0.15, -0.1) is 11.8 Å². The molecule has 0 amide bonds. The molecular weight excluding hydrogens is 463 g/mol. The van der Waals surface area contributed by atoms with Crippen molar-refractivity contribution in [2.24, 2.45) is 0 Å². The maximum atomic E-state index is 13.9. The molecular formula is C18H27N4O6PS2. The number of nitrogen functional groups attached to an aromatic ring is 1. The first-order valence-corrected chi connectivity index (χ1v) is 13.3. The highest BCUT2D eigenvalue weighted by Gasteiger charge is 2.36. The Hall–Kier alpha value is -1.85. The van der Waals surface area contributed by atoms with Crippen LogP contribution < -0.4 is 21.4 Å². The van der Waals surface area contributed by atoms with Gasteiger partial charge in [-0.2, -0.15) is 0 Å². The lowest BCUT2D eigenvalue weighted by Crippen LogP contribution is -2.44. The van der Waals surface area contributed by atoms with E-state index in [0.717, 1.165) is 4.21 Å². The van der Waals surface area contributed by atoms with Crippen molar-refractivity contribution in [1.29, 1.82) is 0 Å². The van der Waals surface area contributed by atoms with E-state index in [1.54, 1.807) is 19.9 Å². The van der Waals surface area contributed by atoms with Gasteiger partial charge in [0.2, 0.25) is 0 Å². The van der Waals surface area contributed by atoms with Crippen molar-refractivity contribution in [1.82, 2.24) is 15.2 Å². The number of aromatic nitrogens is 1. The SMILES string of the molecule is CCOC(=O)[C@H](C)NP(=O)(N[C@@H](C)C(=O)OCC)c1ccc(-c2nc(N)sc2SC)o1. The molecule has 0 bridgehead atoms. The molecule has 4 N–H and O–H groups in total. The van der Waals surface area contributed by atoms with Gasteiger partial charge in [0.05, 0.1) is 17.4 Å². The summed E-state index contributed by atoms with van der Waals surface area (Å²) in [4.78, 5) is 28.5. The van der Waals surface area contributed by atoms with Crippen LogP contribution in [0.2, 0.25) is 0 Å². The van der Waals surface area contributed by atoms with Crippen LogP contribution in [0.1, 0.15) is 27.7 Å².